The molecule has 1 aromatic carbocycles. The summed E-state index contributed by atoms with van der Waals surface area (Å²) in [4.78, 5) is 11.4. The highest BCUT2D eigenvalue weighted by Gasteiger charge is 2.11. The number of hydrogen-bond donors (Lipinski definition) is 1. The Morgan fingerprint density at radius 1 is 1.53 bits per heavy atom. The van der Waals surface area contributed by atoms with Crippen LogP contribution >= 0.6 is 11.6 Å². The van der Waals surface area contributed by atoms with Gasteiger partial charge in [-0.1, -0.05) is 0 Å². The van der Waals surface area contributed by atoms with Crippen molar-refractivity contribution in [3.63, 3.8) is 0 Å². The van der Waals surface area contributed by atoms with Crippen molar-refractivity contribution >= 4 is 17.6 Å². The molecule has 0 spiro atoms. The van der Waals surface area contributed by atoms with E-state index in [-0.39, 0.29) is 11.7 Å². The Balaban J connectivity index is 2.97. The van der Waals surface area contributed by atoms with Crippen molar-refractivity contribution < 1.29 is 14.6 Å². The van der Waals surface area contributed by atoms with Gasteiger partial charge in [-0.2, -0.15) is 0 Å². The van der Waals surface area contributed by atoms with Crippen molar-refractivity contribution in [1.82, 2.24) is 0 Å². The van der Waals surface area contributed by atoms with Crippen molar-refractivity contribution in [3.8, 4) is 5.75 Å². The third-order valence-electron chi connectivity index (χ3n) is 2.07. The van der Waals surface area contributed by atoms with E-state index in [0.717, 1.165) is 12.0 Å². The van der Waals surface area contributed by atoms with E-state index in [1.807, 2.05) is 0 Å². The molecule has 0 heterocycles. The SMILES string of the molecule is COC(=O)c1ccc(O)cc1CCCCl. The summed E-state index contributed by atoms with van der Waals surface area (Å²) in [6.07, 6.45) is 1.41. The lowest BCUT2D eigenvalue weighted by Crippen LogP contribution is -2.05. The van der Waals surface area contributed by atoms with Crippen LogP contribution in [0.1, 0.15) is 22.3 Å². The lowest BCUT2D eigenvalue weighted by Gasteiger charge is -2.07. The van der Waals surface area contributed by atoms with Crippen LogP contribution in [-0.4, -0.2) is 24.1 Å². The van der Waals surface area contributed by atoms with E-state index in [1.165, 1.54) is 13.2 Å². The van der Waals surface area contributed by atoms with E-state index in [0.29, 0.717) is 17.9 Å². The van der Waals surface area contributed by atoms with Crippen molar-refractivity contribution in [2.24, 2.45) is 0 Å². The molecule has 0 aliphatic rings. The van der Waals surface area contributed by atoms with E-state index in [2.05, 4.69) is 4.74 Å². The van der Waals surface area contributed by atoms with Gasteiger partial charge in [-0.25, -0.2) is 4.79 Å². The number of carbonyl (C=O) groups excluding carboxylic acids is 1. The van der Waals surface area contributed by atoms with Gasteiger partial charge in [-0.15, -0.1) is 11.6 Å². The fourth-order valence-electron chi connectivity index (χ4n) is 1.35. The number of aryl methyl sites for hydroxylation is 1. The predicted octanol–water partition coefficient (Wildman–Crippen LogP) is 2.35. The third-order valence-corrected chi connectivity index (χ3v) is 2.34. The van der Waals surface area contributed by atoms with E-state index in [9.17, 15) is 9.90 Å². The Bertz CT molecular complexity index is 350. The number of methoxy groups -OCH3 is 1. The summed E-state index contributed by atoms with van der Waals surface area (Å²) < 4.78 is 4.64. The summed E-state index contributed by atoms with van der Waals surface area (Å²) in [7, 11) is 1.33. The van der Waals surface area contributed by atoms with Crippen molar-refractivity contribution in [2.45, 2.75) is 12.8 Å². The van der Waals surface area contributed by atoms with Crippen LogP contribution in [0.25, 0.3) is 0 Å². The van der Waals surface area contributed by atoms with Gasteiger partial charge in [0.2, 0.25) is 0 Å². The standard InChI is InChI=1S/C11H13ClO3/c1-15-11(14)10-5-4-9(13)7-8(10)3-2-6-12/h4-5,7,13H,2-3,6H2,1H3. The van der Waals surface area contributed by atoms with Crippen molar-refractivity contribution in [2.75, 3.05) is 13.0 Å². The van der Waals surface area contributed by atoms with Gasteiger partial charge in [-0.05, 0) is 36.6 Å². The number of esters is 1. The molecule has 1 N–H and O–H groups in total. The molecular weight excluding hydrogens is 216 g/mol. The van der Waals surface area contributed by atoms with Gasteiger partial charge in [0.15, 0.2) is 0 Å². The van der Waals surface area contributed by atoms with Gasteiger partial charge in [0.05, 0.1) is 12.7 Å². The Morgan fingerprint density at radius 3 is 2.87 bits per heavy atom. The van der Waals surface area contributed by atoms with Crippen LogP contribution in [0.5, 0.6) is 5.75 Å². The lowest BCUT2D eigenvalue weighted by atomic mass is 10.0. The number of phenolic OH excluding ortho intramolecular Hbond substituents is 1. The Morgan fingerprint density at radius 2 is 2.27 bits per heavy atom. The number of phenols is 1. The summed E-state index contributed by atoms with van der Waals surface area (Å²) in [5.41, 5.74) is 1.25. The van der Waals surface area contributed by atoms with Crippen LogP contribution in [0.15, 0.2) is 18.2 Å². The maximum absolute atomic E-state index is 11.4. The van der Waals surface area contributed by atoms with Gasteiger partial charge in [0, 0.05) is 5.88 Å². The van der Waals surface area contributed by atoms with Crippen LogP contribution < -0.4 is 0 Å². The molecule has 0 unspecified atom stereocenters. The fourth-order valence-corrected chi connectivity index (χ4v) is 1.49. The highest BCUT2D eigenvalue weighted by Crippen LogP contribution is 2.19. The molecule has 0 bridgehead atoms. The topological polar surface area (TPSA) is 46.5 Å². The normalized spacial score (nSPS) is 10.0. The zero-order valence-corrected chi connectivity index (χ0v) is 9.25. The van der Waals surface area contributed by atoms with E-state index >= 15 is 0 Å². The molecular formula is C11H13ClO3. The van der Waals surface area contributed by atoms with E-state index < -0.39 is 0 Å². The smallest absolute Gasteiger partial charge is 0.338 e. The molecule has 0 fully saturated rings. The first kappa shape index (κ1) is 11.9. The summed E-state index contributed by atoms with van der Waals surface area (Å²) in [5, 5.41) is 9.31. The van der Waals surface area contributed by atoms with Gasteiger partial charge in [0.1, 0.15) is 5.75 Å². The molecule has 82 valence electrons. The summed E-state index contributed by atoms with van der Waals surface area (Å²) in [6, 6.07) is 4.60. The number of rotatable bonds is 4. The largest absolute Gasteiger partial charge is 0.508 e. The summed E-state index contributed by atoms with van der Waals surface area (Å²) in [5.74, 6) is 0.280. The molecule has 0 radical (unpaired) electrons. The first-order valence-electron chi connectivity index (χ1n) is 4.65. The maximum Gasteiger partial charge on any atom is 0.338 e. The molecule has 0 saturated heterocycles. The number of hydrogen-bond acceptors (Lipinski definition) is 3. The Kier molecular flexibility index (Phi) is 4.43. The number of ether oxygens (including phenoxy) is 1. The molecule has 4 heteroatoms. The molecule has 0 atom stereocenters. The number of halogens is 1. The van der Waals surface area contributed by atoms with Gasteiger partial charge in [0.25, 0.3) is 0 Å². The molecule has 15 heavy (non-hydrogen) atoms. The first-order chi connectivity index (χ1) is 7.19. The molecule has 0 aromatic heterocycles. The highest BCUT2D eigenvalue weighted by atomic mass is 35.5. The minimum absolute atomic E-state index is 0.146. The van der Waals surface area contributed by atoms with E-state index in [1.54, 1.807) is 12.1 Å². The van der Waals surface area contributed by atoms with Crippen LogP contribution in [-0.2, 0) is 11.2 Å². The zero-order valence-electron chi connectivity index (χ0n) is 8.50. The third kappa shape index (κ3) is 3.13. The Labute approximate surface area is 93.6 Å². The van der Waals surface area contributed by atoms with Crippen LogP contribution in [0.2, 0.25) is 0 Å². The quantitative estimate of drug-likeness (QED) is 0.636. The predicted molar refractivity (Wildman–Crippen MR) is 58.5 cm³/mol. The van der Waals surface area contributed by atoms with Crippen LogP contribution in [0.3, 0.4) is 0 Å². The van der Waals surface area contributed by atoms with E-state index in [4.69, 9.17) is 11.6 Å². The van der Waals surface area contributed by atoms with Crippen molar-refractivity contribution in [1.29, 1.82) is 0 Å². The lowest BCUT2D eigenvalue weighted by molar-refractivity contribution is 0.0599. The molecule has 0 saturated carbocycles. The van der Waals surface area contributed by atoms with Crippen molar-refractivity contribution in [3.05, 3.63) is 29.3 Å². The minimum atomic E-state index is -0.389. The average Bonchev–Trinajstić information content (AvgIpc) is 2.25. The summed E-state index contributed by atoms with van der Waals surface area (Å²) >= 11 is 5.58. The monoisotopic (exact) mass is 228 g/mol. The molecule has 3 nitrogen and oxygen atoms in total. The second kappa shape index (κ2) is 5.61. The average molecular weight is 229 g/mol. The maximum atomic E-state index is 11.4. The fraction of sp³-hybridized carbons (Fsp3) is 0.364. The highest BCUT2D eigenvalue weighted by molar-refractivity contribution is 6.17. The van der Waals surface area contributed by atoms with Gasteiger partial charge >= 0.3 is 5.97 Å². The number of benzene rings is 1. The summed E-state index contributed by atoms with van der Waals surface area (Å²) in [6.45, 7) is 0. The molecule has 1 rings (SSSR count). The van der Waals surface area contributed by atoms with Gasteiger partial charge in [-0.3, -0.25) is 0 Å². The first-order valence-corrected chi connectivity index (χ1v) is 5.18. The molecule has 0 aliphatic carbocycles. The van der Waals surface area contributed by atoms with Crippen LogP contribution in [0.4, 0.5) is 0 Å². The molecule has 0 amide bonds. The number of aromatic hydroxyl groups is 1. The minimum Gasteiger partial charge on any atom is -0.508 e. The number of carbonyl (C=O) groups is 1. The molecule has 0 aliphatic heterocycles. The zero-order chi connectivity index (χ0) is 11.3. The van der Waals surface area contributed by atoms with Crippen LogP contribution in [0, 0.1) is 0 Å². The number of alkyl halides is 1. The van der Waals surface area contributed by atoms with Gasteiger partial charge < -0.3 is 9.84 Å². The second-order valence-electron chi connectivity index (χ2n) is 3.13. The second-order valence-corrected chi connectivity index (χ2v) is 3.50. The molecule has 1 aromatic rings. The Hall–Kier alpha value is -1.22.